The zero-order valence-electron chi connectivity index (χ0n) is 14.2. The number of benzene rings is 1. The van der Waals surface area contributed by atoms with Gasteiger partial charge in [0.2, 0.25) is 0 Å². The maximum atomic E-state index is 12.4. The van der Waals surface area contributed by atoms with Crippen molar-refractivity contribution in [2.24, 2.45) is 0 Å². The predicted molar refractivity (Wildman–Crippen MR) is 88.8 cm³/mol. The molecular formula is C17H25N3O2. The van der Waals surface area contributed by atoms with Crippen molar-refractivity contribution in [3.63, 3.8) is 0 Å². The molecule has 0 aliphatic heterocycles. The van der Waals surface area contributed by atoms with E-state index in [1.807, 2.05) is 43.5 Å². The van der Waals surface area contributed by atoms with Crippen LogP contribution in [0.1, 0.15) is 53.4 Å². The normalized spacial score (nSPS) is 13.6. The van der Waals surface area contributed by atoms with Gasteiger partial charge < -0.3 is 15.0 Å². The summed E-state index contributed by atoms with van der Waals surface area (Å²) in [7, 11) is 0. The second kappa shape index (κ2) is 5.63. The van der Waals surface area contributed by atoms with Gasteiger partial charge in [-0.05, 0) is 32.9 Å². The monoisotopic (exact) mass is 303 g/mol. The average molecular weight is 303 g/mol. The first-order valence-corrected chi connectivity index (χ1v) is 7.60. The Morgan fingerprint density at radius 3 is 2.45 bits per heavy atom. The Bertz CT molecular complexity index is 696. The van der Waals surface area contributed by atoms with Crippen molar-refractivity contribution in [3.8, 4) is 0 Å². The van der Waals surface area contributed by atoms with Gasteiger partial charge in [0.15, 0.2) is 0 Å². The van der Waals surface area contributed by atoms with Crippen LogP contribution in [0.15, 0.2) is 18.2 Å². The van der Waals surface area contributed by atoms with E-state index < -0.39 is 6.04 Å². The fourth-order valence-electron chi connectivity index (χ4n) is 2.50. The largest absolute Gasteiger partial charge is 0.461 e. The molecule has 1 unspecified atom stereocenters. The van der Waals surface area contributed by atoms with Crippen molar-refractivity contribution < 1.29 is 9.53 Å². The first kappa shape index (κ1) is 16.3. The smallest absolute Gasteiger partial charge is 0.329 e. The first-order valence-electron chi connectivity index (χ1n) is 7.60. The molecule has 0 saturated carbocycles. The molecule has 1 aromatic heterocycles. The van der Waals surface area contributed by atoms with Crippen LogP contribution in [0.4, 0.5) is 5.69 Å². The van der Waals surface area contributed by atoms with E-state index >= 15 is 0 Å². The van der Waals surface area contributed by atoms with E-state index in [0.717, 1.165) is 16.9 Å². The van der Waals surface area contributed by atoms with E-state index in [-0.39, 0.29) is 17.5 Å². The molecule has 0 bridgehead atoms. The summed E-state index contributed by atoms with van der Waals surface area (Å²) in [5.41, 5.74) is 8.05. The Morgan fingerprint density at radius 1 is 1.27 bits per heavy atom. The molecule has 2 N–H and O–H groups in total. The highest BCUT2D eigenvalue weighted by Crippen LogP contribution is 2.32. The highest BCUT2D eigenvalue weighted by atomic mass is 16.5. The van der Waals surface area contributed by atoms with E-state index in [1.165, 1.54) is 0 Å². The third kappa shape index (κ3) is 2.93. The fourth-order valence-corrected chi connectivity index (χ4v) is 2.50. The number of nitrogen functional groups attached to an aromatic ring is 1. The highest BCUT2D eigenvalue weighted by molar-refractivity contribution is 5.89. The van der Waals surface area contributed by atoms with Crippen LogP contribution >= 0.6 is 0 Å². The number of hydrogen-bond donors (Lipinski definition) is 1. The van der Waals surface area contributed by atoms with Crippen LogP contribution < -0.4 is 5.73 Å². The lowest BCUT2D eigenvalue weighted by molar-refractivity contribution is -0.150. The van der Waals surface area contributed by atoms with Gasteiger partial charge in [-0.3, -0.25) is 0 Å². The van der Waals surface area contributed by atoms with Crippen LogP contribution in [-0.4, -0.2) is 21.6 Å². The molecular weight excluding hydrogens is 278 g/mol. The molecule has 0 spiro atoms. The van der Waals surface area contributed by atoms with Crippen LogP contribution in [0.2, 0.25) is 0 Å². The van der Waals surface area contributed by atoms with E-state index in [9.17, 15) is 4.79 Å². The van der Waals surface area contributed by atoms with E-state index in [1.54, 1.807) is 0 Å². The molecule has 0 amide bonds. The molecule has 0 fully saturated rings. The van der Waals surface area contributed by atoms with Crippen molar-refractivity contribution in [1.29, 1.82) is 0 Å². The highest BCUT2D eigenvalue weighted by Gasteiger charge is 2.29. The van der Waals surface area contributed by atoms with Crippen LogP contribution in [0.5, 0.6) is 0 Å². The lowest BCUT2D eigenvalue weighted by Crippen LogP contribution is -2.27. The summed E-state index contributed by atoms with van der Waals surface area (Å²) < 4.78 is 7.30. The van der Waals surface area contributed by atoms with Crippen molar-refractivity contribution in [1.82, 2.24) is 9.55 Å². The van der Waals surface area contributed by atoms with Crippen molar-refractivity contribution in [2.45, 2.75) is 59.1 Å². The molecule has 22 heavy (non-hydrogen) atoms. The van der Waals surface area contributed by atoms with Crippen molar-refractivity contribution >= 4 is 22.7 Å². The predicted octanol–water partition coefficient (Wildman–Crippen LogP) is 3.43. The second-order valence-electron chi connectivity index (χ2n) is 6.93. The van der Waals surface area contributed by atoms with E-state index in [4.69, 9.17) is 15.5 Å². The molecule has 0 aliphatic carbocycles. The summed E-state index contributed by atoms with van der Waals surface area (Å²) >= 11 is 0. The molecule has 5 heteroatoms. The number of esters is 1. The summed E-state index contributed by atoms with van der Waals surface area (Å²) in [5, 5.41) is 0. The van der Waals surface area contributed by atoms with Crippen LogP contribution in [0, 0.1) is 0 Å². The molecule has 1 heterocycles. The summed E-state index contributed by atoms with van der Waals surface area (Å²) in [6.07, 6.45) is -0.145. The maximum Gasteiger partial charge on any atom is 0.329 e. The zero-order valence-corrected chi connectivity index (χ0v) is 14.2. The number of aromatic nitrogens is 2. The summed E-state index contributed by atoms with van der Waals surface area (Å²) in [6, 6.07) is 5.18. The average Bonchev–Trinajstić information content (AvgIpc) is 2.77. The Labute approximate surface area is 131 Å². The molecule has 1 atom stereocenters. The number of nitrogens with zero attached hydrogens (tertiary/aromatic N) is 2. The Morgan fingerprint density at radius 2 is 1.91 bits per heavy atom. The minimum atomic E-state index is -0.455. The molecule has 2 aromatic rings. The standard InChI is InChI=1S/C17H25N3O2/c1-10(2)22-15(21)11(3)20-13-9-7-8-12(18)14(13)19-16(20)17(4,5)6/h7-11H,18H2,1-6H3. The fraction of sp³-hybridized carbons (Fsp3) is 0.529. The number of hydrogen-bond acceptors (Lipinski definition) is 4. The van der Waals surface area contributed by atoms with Gasteiger partial charge in [0.25, 0.3) is 0 Å². The Balaban J connectivity index is 2.64. The minimum absolute atomic E-state index is 0.145. The van der Waals surface area contributed by atoms with E-state index in [2.05, 4.69) is 20.8 Å². The molecule has 2 rings (SSSR count). The van der Waals surface area contributed by atoms with Gasteiger partial charge in [-0.25, -0.2) is 9.78 Å². The molecule has 120 valence electrons. The number of nitrogens with two attached hydrogens (primary N) is 1. The quantitative estimate of drug-likeness (QED) is 0.696. The molecule has 0 aliphatic rings. The number of rotatable bonds is 3. The lowest BCUT2D eigenvalue weighted by Gasteiger charge is -2.24. The van der Waals surface area contributed by atoms with Gasteiger partial charge in [0, 0.05) is 5.41 Å². The van der Waals surface area contributed by atoms with E-state index in [0.29, 0.717) is 5.69 Å². The summed E-state index contributed by atoms with van der Waals surface area (Å²) in [5.74, 6) is 0.566. The topological polar surface area (TPSA) is 70.1 Å². The van der Waals surface area contributed by atoms with Crippen LogP contribution in [-0.2, 0) is 14.9 Å². The van der Waals surface area contributed by atoms with Gasteiger partial charge in [-0.1, -0.05) is 26.8 Å². The number of ether oxygens (including phenoxy) is 1. The number of imidazole rings is 1. The van der Waals surface area contributed by atoms with Gasteiger partial charge in [-0.2, -0.15) is 0 Å². The van der Waals surface area contributed by atoms with Crippen LogP contribution in [0.3, 0.4) is 0 Å². The van der Waals surface area contributed by atoms with Crippen molar-refractivity contribution in [3.05, 3.63) is 24.0 Å². The number of carbonyl (C=O) groups excluding carboxylic acids is 1. The van der Waals surface area contributed by atoms with Gasteiger partial charge >= 0.3 is 5.97 Å². The SMILES string of the molecule is CC(C)OC(=O)C(C)n1c(C(C)(C)C)nc2c(N)cccc21. The van der Waals surface area contributed by atoms with Gasteiger partial charge in [0.05, 0.1) is 17.3 Å². The third-order valence-electron chi connectivity index (χ3n) is 3.50. The third-order valence-corrected chi connectivity index (χ3v) is 3.50. The Kier molecular flexibility index (Phi) is 4.18. The molecule has 1 aromatic carbocycles. The number of fused-ring (bicyclic) bond motifs is 1. The zero-order chi connectivity index (χ0) is 16.7. The summed E-state index contributed by atoms with van der Waals surface area (Å²) in [6.45, 7) is 11.7. The number of para-hydroxylation sites is 1. The lowest BCUT2D eigenvalue weighted by atomic mass is 9.95. The second-order valence-corrected chi connectivity index (χ2v) is 6.93. The molecule has 0 saturated heterocycles. The molecule has 0 radical (unpaired) electrons. The number of anilines is 1. The van der Waals surface area contributed by atoms with Gasteiger partial charge in [0.1, 0.15) is 17.4 Å². The maximum absolute atomic E-state index is 12.4. The first-order chi connectivity index (χ1) is 10.1. The number of carbonyl (C=O) groups is 1. The minimum Gasteiger partial charge on any atom is -0.461 e. The summed E-state index contributed by atoms with van der Waals surface area (Å²) in [4.78, 5) is 17.1. The molecule has 5 nitrogen and oxygen atoms in total. The van der Waals surface area contributed by atoms with Crippen molar-refractivity contribution in [2.75, 3.05) is 5.73 Å². The van der Waals surface area contributed by atoms with Crippen LogP contribution in [0.25, 0.3) is 11.0 Å². The van der Waals surface area contributed by atoms with Gasteiger partial charge in [-0.15, -0.1) is 0 Å². The Hall–Kier alpha value is -2.04.